The maximum Gasteiger partial charge on any atom is 0.472 e. The highest BCUT2D eigenvalue weighted by Crippen LogP contribution is 2.43. The number of amides is 1. The number of rotatable bonds is 53. The van der Waals surface area contributed by atoms with Crippen LogP contribution in [0.1, 0.15) is 251 Å². The highest BCUT2D eigenvalue weighted by Gasteiger charge is 2.27. The number of unbranched alkanes of at least 4 members (excludes halogenated alkanes) is 28. The Hall–Kier alpha value is -2.32. The fraction of sp³-hybridized carbons (Fsp3) is 0.758. The molecule has 0 saturated heterocycles. The van der Waals surface area contributed by atoms with Crippen LogP contribution < -0.4 is 5.32 Å². The van der Waals surface area contributed by atoms with E-state index in [0.717, 1.165) is 89.9 Å². The number of hydrogen-bond acceptors (Lipinski definition) is 5. The van der Waals surface area contributed by atoms with E-state index < -0.39 is 20.0 Å². The summed E-state index contributed by atoms with van der Waals surface area (Å²) in [5.74, 6) is -0.207. The predicted molar refractivity (Wildman–Crippen MR) is 309 cm³/mol. The molecule has 1 amide bonds. The number of nitrogens with zero attached hydrogens (tertiary/aromatic N) is 1. The van der Waals surface area contributed by atoms with Gasteiger partial charge in [0.1, 0.15) is 13.2 Å². The molecule has 0 aliphatic heterocycles. The Labute approximate surface area is 439 Å². The van der Waals surface area contributed by atoms with Crippen LogP contribution in [0.25, 0.3) is 0 Å². The minimum Gasteiger partial charge on any atom is -0.387 e. The molecule has 0 aliphatic rings. The van der Waals surface area contributed by atoms with Crippen LogP contribution in [-0.4, -0.2) is 73.4 Å². The first-order valence-corrected chi connectivity index (χ1v) is 31.0. The van der Waals surface area contributed by atoms with E-state index in [1.165, 1.54) is 141 Å². The van der Waals surface area contributed by atoms with E-state index in [9.17, 15) is 19.4 Å². The van der Waals surface area contributed by atoms with Crippen molar-refractivity contribution in [2.45, 2.75) is 264 Å². The maximum absolute atomic E-state index is 13.0. The van der Waals surface area contributed by atoms with Gasteiger partial charge in [0.2, 0.25) is 5.91 Å². The first kappa shape index (κ1) is 68.7. The number of nitrogens with one attached hydrogen (secondary N) is 1. The summed E-state index contributed by atoms with van der Waals surface area (Å²) in [5.41, 5.74) is 0. The van der Waals surface area contributed by atoms with Crippen molar-refractivity contribution in [1.82, 2.24) is 5.32 Å². The van der Waals surface area contributed by atoms with Crippen LogP contribution in [0.15, 0.2) is 85.1 Å². The summed E-state index contributed by atoms with van der Waals surface area (Å²) in [6.07, 6.45) is 74.1. The van der Waals surface area contributed by atoms with Crippen molar-refractivity contribution >= 4 is 13.7 Å². The number of likely N-dealkylation sites (N-methyl/N-ethyl adjacent to an activating group) is 1. The minimum absolute atomic E-state index is 0.0478. The number of phosphoric ester groups is 1. The normalized spacial score (nSPS) is 14.5. The van der Waals surface area contributed by atoms with Crippen molar-refractivity contribution in [3.8, 4) is 0 Å². The molecule has 0 aliphatic carbocycles. The topological polar surface area (TPSA) is 105 Å². The molecular weight excluding hydrogens is 900 g/mol. The summed E-state index contributed by atoms with van der Waals surface area (Å²) in [5, 5.41) is 13.9. The second-order valence-corrected chi connectivity index (χ2v) is 22.4. The van der Waals surface area contributed by atoms with Gasteiger partial charge in [0.05, 0.1) is 39.9 Å². The highest BCUT2D eigenvalue weighted by molar-refractivity contribution is 7.47. The zero-order valence-corrected chi connectivity index (χ0v) is 47.8. The Balaban J connectivity index is 4.28. The van der Waals surface area contributed by atoms with Gasteiger partial charge in [-0.05, 0) is 77.0 Å². The summed E-state index contributed by atoms with van der Waals surface area (Å²) in [6.45, 7) is 4.68. The number of hydrogen-bond donors (Lipinski definition) is 3. The molecule has 0 spiro atoms. The second kappa shape index (κ2) is 52.5. The number of aliphatic hydroxyl groups is 1. The van der Waals surface area contributed by atoms with Gasteiger partial charge in [-0.1, -0.05) is 253 Å². The van der Waals surface area contributed by atoms with E-state index in [1.54, 1.807) is 6.08 Å². The first-order valence-electron chi connectivity index (χ1n) is 29.5. The SMILES string of the molecule is CC/C=C\C/C=C\C/C=C\C/C=C\C/C=C\CCCCCCCC(=O)NC(COP(=O)(O)OCC[N+](C)(C)C)C(O)/C=C/CC/C=C/CCCCCCCCCCCCCCCCCCCCCCCC. The molecule has 0 heterocycles. The van der Waals surface area contributed by atoms with E-state index in [1.807, 2.05) is 27.2 Å². The van der Waals surface area contributed by atoms with Crippen LogP contribution in [0, 0.1) is 0 Å². The van der Waals surface area contributed by atoms with Gasteiger partial charge < -0.3 is 19.8 Å². The molecule has 8 nitrogen and oxygen atoms in total. The highest BCUT2D eigenvalue weighted by atomic mass is 31.2. The molecule has 9 heteroatoms. The van der Waals surface area contributed by atoms with Crippen molar-refractivity contribution in [3.63, 3.8) is 0 Å². The van der Waals surface area contributed by atoms with Gasteiger partial charge >= 0.3 is 7.82 Å². The van der Waals surface area contributed by atoms with Crippen molar-refractivity contribution in [1.29, 1.82) is 0 Å². The molecule has 412 valence electrons. The van der Waals surface area contributed by atoms with Gasteiger partial charge in [-0.2, -0.15) is 0 Å². The van der Waals surface area contributed by atoms with E-state index in [-0.39, 0.29) is 19.1 Å². The van der Waals surface area contributed by atoms with Gasteiger partial charge in [0.25, 0.3) is 0 Å². The molecule has 3 unspecified atom stereocenters. The molecule has 0 radical (unpaired) electrons. The fourth-order valence-electron chi connectivity index (χ4n) is 8.26. The number of phosphoric acid groups is 1. The molecule has 3 N–H and O–H groups in total. The Morgan fingerprint density at radius 2 is 0.859 bits per heavy atom. The minimum atomic E-state index is -4.37. The van der Waals surface area contributed by atoms with Crippen LogP contribution in [0.3, 0.4) is 0 Å². The van der Waals surface area contributed by atoms with Crippen LogP contribution in [-0.2, 0) is 18.4 Å². The second-order valence-electron chi connectivity index (χ2n) is 21.0. The predicted octanol–water partition coefficient (Wildman–Crippen LogP) is 18.0. The van der Waals surface area contributed by atoms with E-state index in [2.05, 4.69) is 92.1 Å². The van der Waals surface area contributed by atoms with E-state index in [0.29, 0.717) is 17.4 Å². The zero-order valence-electron chi connectivity index (χ0n) is 46.9. The van der Waals surface area contributed by atoms with E-state index >= 15 is 0 Å². The van der Waals surface area contributed by atoms with Crippen molar-refractivity contribution in [2.75, 3.05) is 40.9 Å². The third-order valence-corrected chi connectivity index (χ3v) is 13.8. The van der Waals surface area contributed by atoms with Crippen molar-refractivity contribution < 1.29 is 32.9 Å². The first-order chi connectivity index (χ1) is 34.5. The molecule has 0 aromatic rings. The molecule has 0 fully saturated rings. The van der Waals surface area contributed by atoms with Crippen LogP contribution in [0.2, 0.25) is 0 Å². The summed E-state index contributed by atoms with van der Waals surface area (Å²) in [7, 11) is 1.53. The van der Waals surface area contributed by atoms with Crippen LogP contribution in [0.5, 0.6) is 0 Å². The lowest BCUT2D eigenvalue weighted by Gasteiger charge is -2.25. The standard InChI is InChI=1S/C62H113N2O6P/c1-6-8-10-12-14-16-18-20-22-24-26-28-29-30-31-32-33-34-36-37-39-41-43-45-47-49-51-53-55-61(65)60(59-70-71(67,68)69-58-57-64(3,4)5)63-62(66)56-54-52-50-48-46-44-42-40-38-35-27-25-23-21-19-17-15-13-11-9-7-2/h9,11,15,17,21,23,27,35,40,42,45,47,53,55,60-61,65H,6-8,10,12-14,16,18-20,22,24-26,28-34,36-39,41,43-44,46,48-52,54,56-59H2,1-5H3,(H-,63,66,67,68)/p+1/b11-9-,17-15-,23-21-,35-27-,42-40-,47-45+,55-53+. The quantitative estimate of drug-likeness (QED) is 0.0243. The monoisotopic (exact) mass is 1010 g/mol. The Morgan fingerprint density at radius 1 is 0.493 bits per heavy atom. The van der Waals surface area contributed by atoms with Crippen LogP contribution >= 0.6 is 7.82 Å². The Bertz CT molecular complexity index is 1430. The lowest BCUT2D eigenvalue weighted by Crippen LogP contribution is -2.45. The largest absolute Gasteiger partial charge is 0.472 e. The third kappa shape index (κ3) is 55.3. The number of carbonyl (C=O) groups is 1. The number of quaternary nitrogens is 1. The zero-order chi connectivity index (χ0) is 52.0. The lowest BCUT2D eigenvalue weighted by atomic mass is 10.0. The third-order valence-electron chi connectivity index (χ3n) is 12.8. The molecule has 71 heavy (non-hydrogen) atoms. The molecule has 0 rings (SSSR count). The molecule has 0 bridgehead atoms. The molecule has 0 aromatic heterocycles. The summed E-state index contributed by atoms with van der Waals surface area (Å²) in [4.78, 5) is 23.3. The summed E-state index contributed by atoms with van der Waals surface area (Å²) in [6, 6.07) is -0.880. The summed E-state index contributed by atoms with van der Waals surface area (Å²) < 4.78 is 23.7. The molecule has 0 aromatic carbocycles. The lowest BCUT2D eigenvalue weighted by molar-refractivity contribution is -0.870. The molecule has 0 saturated carbocycles. The van der Waals surface area contributed by atoms with Gasteiger partial charge in [-0.15, -0.1) is 0 Å². The van der Waals surface area contributed by atoms with Gasteiger partial charge in [-0.3, -0.25) is 13.8 Å². The molecule has 3 atom stereocenters. The Morgan fingerprint density at radius 3 is 1.30 bits per heavy atom. The number of aliphatic hydroxyl groups excluding tert-OH is 1. The van der Waals surface area contributed by atoms with Gasteiger partial charge in [-0.25, -0.2) is 4.57 Å². The molecular formula is C62H114N2O6P+. The fourth-order valence-corrected chi connectivity index (χ4v) is 9.00. The average molecular weight is 1010 g/mol. The summed E-state index contributed by atoms with van der Waals surface area (Å²) >= 11 is 0. The van der Waals surface area contributed by atoms with Gasteiger partial charge in [0, 0.05) is 6.42 Å². The van der Waals surface area contributed by atoms with E-state index in [4.69, 9.17) is 9.05 Å². The van der Waals surface area contributed by atoms with Crippen molar-refractivity contribution in [3.05, 3.63) is 85.1 Å². The number of carbonyl (C=O) groups excluding carboxylic acids is 1. The maximum atomic E-state index is 13.0. The smallest absolute Gasteiger partial charge is 0.387 e. The number of allylic oxidation sites excluding steroid dienone is 13. The van der Waals surface area contributed by atoms with Gasteiger partial charge in [0.15, 0.2) is 0 Å². The van der Waals surface area contributed by atoms with Crippen molar-refractivity contribution in [2.24, 2.45) is 0 Å². The Kier molecular flexibility index (Phi) is 50.8. The average Bonchev–Trinajstić information content (AvgIpc) is 3.33. The van der Waals surface area contributed by atoms with Crippen LogP contribution in [0.4, 0.5) is 0 Å².